The zero-order valence-electron chi connectivity index (χ0n) is 10.3. The highest BCUT2D eigenvalue weighted by Gasteiger charge is 2.42. The molecule has 2 heterocycles. The summed E-state index contributed by atoms with van der Waals surface area (Å²) in [5.74, 6) is 2.64. The lowest BCUT2D eigenvalue weighted by molar-refractivity contribution is -0.138. The fraction of sp³-hybridized carbons (Fsp3) is 0.917. The second kappa shape index (κ2) is 4.96. The minimum atomic E-state index is -0.248. The lowest BCUT2D eigenvalue weighted by Crippen LogP contribution is -2.55. The molecular weight excluding hydrogens is 220 g/mol. The van der Waals surface area contributed by atoms with Gasteiger partial charge in [0.2, 0.25) is 5.91 Å². The molecule has 0 aliphatic carbocycles. The fourth-order valence-electron chi connectivity index (χ4n) is 2.77. The van der Waals surface area contributed by atoms with Gasteiger partial charge in [-0.05, 0) is 38.0 Å². The van der Waals surface area contributed by atoms with Crippen molar-refractivity contribution in [3.63, 3.8) is 0 Å². The number of thioether (sulfide) groups is 1. The molecule has 0 aromatic carbocycles. The van der Waals surface area contributed by atoms with Crippen LogP contribution in [-0.4, -0.2) is 47.5 Å². The van der Waals surface area contributed by atoms with E-state index in [1.165, 1.54) is 5.75 Å². The number of amides is 1. The average Bonchev–Trinajstić information content (AvgIpc) is 2.98. The van der Waals surface area contributed by atoms with Crippen LogP contribution in [0, 0.1) is 0 Å². The molecule has 2 rings (SSSR count). The normalized spacial score (nSPS) is 34.2. The lowest BCUT2D eigenvalue weighted by Gasteiger charge is -2.34. The molecule has 0 saturated carbocycles. The Morgan fingerprint density at radius 1 is 1.62 bits per heavy atom. The molecule has 0 radical (unpaired) electrons. The maximum Gasteiger partial charge on any atom is 0.242 e. The Hall–Kier alpha value is -0.220. The number of rotatable bonds is 3. The van der Waals surface area contributed by atoms with Crippen LogP contribution in [0.25, 0.3) is 0 Å². The van der Waals surface area contributed by atoms with Crippen LogP contribution >= 0.6 is 11.8 Å². The predicted octanol–water partition coefficient (Wildman–Crippen LogP) is 1.48. The van der Waals surface area contributed by atoms with Crippen molar-refractivity contribution in [3.8, 4) is 0 Å². The molecule has 2 aliphatic heterocycles. The van der Waals surface area contributed by atoms with Gasteiger partial charge in [-0.25, -0.2) is 0 Å². The highest BCUT2D eigenvalue weighted by molar-refractivity contribution is 7.99. The Bertz CT molecular complexity index is 258. The highest BCUT2D eigenvalue weighted by Crippen LogP contribution is 2.28. The second-order valence-corrected chi connectivity index (χ2v) is 6.05. The van der Waals surface area contributed by atoms with Crippen LogP contribution in [0.5, 0.6) is 0 Å². The molecule has 3 nitrogen and oxygen atoms in total. The van der Waals surface area contributed by atoms with Gasteiger partial charge in [-0.2, -0.15) is 11.8 Å². The Morgan fingerprint density at radius 3 is 2.94 bits per heavy atom. The molecule has 0 aromatic heterocycles. The van der Waals surface area contributed by atoms with E-state index in [4.69, 9.17) is 0 Å². The van der Waals surface area contributed by atoms with Crippen LogP contribution < -0.4 is 5.32 Å². The van der Waals surface area contributed by atoms with E-state index in [-0.39, 0.29) is 5.54 Å². The number of hydrogen-bond acceptors (Lipinski definition) is 3. The first-order chi connectivity index (χ1) is 7.69. The first-order valence-corrected chi connectivity index (χ1v) is 7.45. The molecule has 2 saturated heterocycles. The van der Waals surface area contributed by atoms with E-state index in [1.54, 1.807) is 0 Å². The number of carbonyl (C=O) groups is 1. The predicted molar refractivity (Wildman–Crippen MR) is 68.8 cm³/mol. The van der Waals surface area contributed by atoms with Crippen LogP contribution in [0.2, 0.25) is 0 Å². The van der Waals surface area contributed by atoms with Gasteiger partial charge >= 0.3 is 0 Å². The molecule has 2 fully saturated rings. The third-order valence-electron chi connectivity index (χ3n) is 4.03. The SMILES string of the molecule is CCC1(C(=O)N(C)C2CCSC2)CCCN1. The van der Waals surface area contributed by atoms with Gasteiger partial charge in [0.05, 0.1) is 5.54 Å². The van der Waals surface area contributed by atoms with Crippen LogP contribution in [0.1, 0.15) is 32.6 Å². The third kappa shape index (κ3) is 2.09. The average molecular weight is 242 g/mol. The number of hydrogen-bond donors (Lipinski definition) is 1. The Labute approximate surface area is 102 Å². The number of nitrogens with zero attached hydrogens (tertiary/aromatic N) is 1. The summed E-state index contributed by atoms with van der Waals surface area (Å²) < 4.78 is 0. The van der Waals surface area contributed by atoms with Crippen molar-refractivity contribution < 1.29 is 4.79 Å². The Balaban J connectivity index is 2.04. The van der Waals surface area contributed by atoms with Crippen molar-refractivity contribution in [1.29, 1.82) is 0 Å². The molecule has 16 heavy (non-hydrogen) atoms. The topological polar surface area (TPSA) is 32.3 Å². The van der Waals surface area contributed by atoms with Crippen LogP contribution in [0.4, 0.5) is 0 Å². The zero-order valence-corrected chi connectivity index (χ0v) is 11.1. The van der Waals surface area contributed by atoms with E-state index in [0.717, 1.165) is 38.0 Å². The summed E-state index contributed by atoms with van der Waals surface area (Å²) in [5.41, 5.74) is -0.248. The van der Waals surface area contributed by atoms with Crippen molar-refractivity contribution in [2.45, 2.75) is 44.2 Å². The summed E-state index contributed by atoms with van der Waals surface area (Å²) >= 11 is 1.96. The monoisotopic (exact) mass is 242 g/mol. The largest absolute Gasteiger partial charge is 0.340 e. The van der Waals surface area contributed by atoms with Crippen molar-refractivity contribution in [2.75, 3.05) is 25.1 Å². The van der Waals surface area contributed by atoms with Gasteiger partial charge in [-0.3, -0.25) is 4.79 Å². The van der Waals surface area contributed by atoms with Crippen molar-refractivity contribution >= 4 is 17.7 Å². The van der Waals surface area contributed by atoms with Gasteiger partial charge in [-0.15, -0.1) is 0 Å². The lowest BCUT2D eigenvalue weighted by atomic mass is 9.92. The summed E-state index contributed by atoms with van der Waals surface area (Å²) in [6.45, 7) is 3.11. The molecule has 0 aromatic rings. The van der Waals surface area contributed by atoms with Crippen LogP contribution in [-0.2, 0) is 4.79 Å². The van der Waals surface area contributed by atoms with Gasteiger partial charge in [0, 0.05) is 18.8 Å². The van der Waals surface area contributed by atoms with Gasteiger partial charge in [-0.1, -0.05) is 6.92 Å². The highest BCUT2D eigenvalue weighted by atomic mass is 32.2. The minimum Gasteiger partial charge on any atom is -0.340 e. The van der Waals surface area contributed by atoms with Crippen LogP contribution in [0.15, 0.2) is 0 Å². The van der Waals surface area contributed by atoms with Crippen molar-refractivity contribution in [1.82, 2.24) is 10.2 Å². The Morgan fingerprint density at radius 2 is 2.44 bits per heavy atom. The Kier molecular flexibility index (Phi) is 3.80. The zero-order chi connectivity index (χ0) is 11.6. The third-order valence-corrected chi connectivity index (χ3v) is 5.18. The standard InChI is InChI=1S/C12H22N2OS/c1-3-12(6-4-7-13-12)11(15)14(2)10-5-8-16-9-10/h10,13H,3-9H2,1-2H3. The van der Waals surface area contributed by atoms with Gasteiger partial charge in [0.25, 0.3) is 0 Å². The fourth-order valence-corrected chi connectivity index (χ4v) is 4.04. The molecule has 1 N–H and O–H groups in total. The quantitative estimate of drug-likeness (QED) is 0.813. The second-order valence-electron chi connectivity index (χ2n) is 4.90. The molecule has 2 atom stereocenters. The minimum absolute atomic E-state index is 0.248. The number of likely N-dealkylation sites (N-methyl/N-ethyl adjacent to an activating group) is 1. The molecule has 2 unspecified atom stereocenters. The first kappa shape index (κ1) is 12.2. The summed E-state index contributed by atoms with van der Waals surface area (Å²) in [7, 11) is 1.98. The van der Waals surface area contributed by atoms with E-state index in [2.05, 4.69) is 12.2 Å². The summed E-state index contributed by atoms with van der Waals surface area (Å²) in [6, 6.07) is 0.461. The summed E-state index contributed by atoms with van der Waals surface area (Å²) in [5, 5.41) is 3.43. The molecule has 0 spiro atoms. The van der Waals surface area contributed by atoms with Gasteiger partial charge < -0.3 is 10.2 Å². The van der Waals surface area contributed by atoms with Crippen LogP contribution in [0.3, 0.4) is 0 Å². The van der Waals surface area contributed by atoms with Crippen molar-refractivity contribution in [3.05, 3.63) is 0 Å². The van der Waals surface area contributed by atoms with E-state index in [0.29, 0.717) is 11.9 Å². The van der Waals surface area contributed by atoms with E-state index < -0.39 is 0 Å². The summed E-state index contributed by atoms with van der Waals surface area (Å²) in [4.78, 5) is 14.5. The van der Waals surface area contributed by atoms with Gasteiger partial charge in [0.15, 0.2) is 0 Å². The number of carbonyl (C=O) groups excluding carboxylic acids is 1. The van der Waals surface area contributed by atoms with E-state index >= 15 is 0 Å². The molecule has 1 amide bonds. The van der Waals surface area contributed by atoms with E-state index in [1.807, 2.05) is 23.7 Å². The summed E-state index contributed by atoms with van der Waals surface area (Å²) in [6.07, 6.45) is 4.21. The maximum absolute atomic E-state index is 12.5. The van der Waals surface area contributed by atoms with Gasteiger partial charge in [0.1, 0.15) is 0 Å². The molecule has 2 aliphatic rings. The molecule has 4 heteroatoms. The molecule has 0 bridgehead atoms. The molecular formula is C12H22N2OS. The maximum atomic E-state index is 12.5. The first-order valence-electron chi connectivity index (χ1n) is 6.29. The van der Waals surface area contributed by atoms with E-state index in [9.17, 15) is 4.79 Å². The molecule has 92 valence electrons. The smallest absolute Gasteiger partial charge is 0.242 e. The van der Waals surface area contributed by atoms with Crippen molar-refractivity contribution in [2.24, 2.45) is 0 Å². The number of nitrogens with one attached hydrogen (secondary N) is 1.